The summed E-state index contributed by atoms with van der Waals surface area (Å²) in [5, 5.41) is 3.18. The average molecular weight is 401 g/mol. The largest absolute Gasteiger partial charge is 0.455 e. The second kappa shape index (κ2) is 8.89. The summed E-state index contributed by atoms with van der Waals surface area (Å²) in [4.78, 5) is 38.3. The molecule has 2 amide bonds. The maximum atomic E-state index is 12.3. The molecule has 0 radical (unpaired) electrons. The van der Waals surface area contributed by atoms with E-state index in [9.17, 15) is 14.4 Å². The number of benzene rings is 2. The minimum atomic E-state index is -0.568. The fraction of sp³-hybridized carbons (Fsp3) is 0.286. The lowest BCUT2D eigenvalue weighted by Crippen LogP contribution is -2.30. The van der Waals surface area contributed by atoms with Gasteiger partial charge in [0, 0.05) is 23.7 Å². The van der Waals surface area contributed by atoms with Crippen molar-refractivity contribution in [3.8, 4) is 0 Å². The van der Waals surface area contributed by atoms with E-state index in [-0.39, 0.29) is 24.9 Å². The minimum Gasteiger partial charge on any atom is -0.455 e. The van der Waals surface area contributed by atoms with Crippen molar-refractivity contribution in [2.75, 3.05) is 18.5 Å². The van der Waals surface area contributed by atoms with Gasteiger partial charge in [0.05, 0.1) is 12.0 Å². The Kier molecular flexibility index (Phi) is 6.31. The smallest absolute Gasteiger partial charge is 0.311 e. The third kappa shape index (κ3) is 4.89. The summed E-state index contributed by atoms with van der Waals surface area (Å²) in [6, 6.07) is 16.1. The zero-order valence-electron chi connectivity index (χ0n) is 15.4. The zero-order valence-corrected chi connectivity index (χ0v) is 16.2. The fourth-order valence-corrected chi connectivity index (χ4v) is 3.29. The van der Waals surface area contributed by atoms with Crippen molar-refractivity contribution in [3.05, 3.63) is 65.2 Å². The molecule has 28 heavy (non-hydrogen) atoms. The number of rotatable bonds is 6. The number of halogens is 1. The number of nitrogens with zero attached hydrogens (tertiary/aromatic N) is 1. The van der Waals surface area contributed by atoms with Crippen LogP contribution in [0.15, 0.2) is 54.6 Å². The summed E-state index contributed by atoms with van der Waals surface area (Å²) in [7, 11) is 0. The van der Waals surface area contributed by atoms with Gasteiger partial charge in [0.15, 0.2) is 6.61 Å². The molecule has 1 fully saturated rings. The number of likely N-dealkylation sites (tertiary alicyclic amines) is 1. The van der Waals surface area contributed by atoms with Gasteiger partial charge in [-0.25, -0.2) is 0 Å². The van der Waals surface area contributed by atoms with Crippen molar-refractivity contribution >= 4 is 35.1 Å². The van der Waals surface area contributed by atoms with Crippen molar-refractivity contribution in [2.24, 2.45) is 5.92 Å². The van der Waals surface area contributed by atoms with Crippen LogP contribution in [0.3, 0.4) is 0 Å². The van der Waals surface area contributed by atoms with Crippen LogP contribution in [0.1, 0.15) is 24.9 Å². The average Bonchev–Trinajstić information content (AvgIpc) is 3.10. The number of anilines is 1. The lowest BCUT2D eigenvalue weighted by atomic mass is 10.1. The molecule has 2 atom stereocenters. The summed E-state index contributed by atoms with van der Waals surface area (Å²) in [5.74, 6) is -1.65. The van der Waals surface area contributed by atoms with Gasteiger partial charge in [-0.15, -0.1) is 0 Å². The number of carbonyl (C=O) groups is 3. The second-order valence-corrected chi connectivity index (χ2v) is 7.13. The molecule has 0 aliphatic carbocycles. The van der Waals surface area contributed by atoms with Crippen molar-refractivity contribution in [2.45, 2.75) is 19.4 Å². The molecule has 2 aromatic carbocycles. The van der Waals surface area contributed by atoms with Crippen LogP contribution in [-0.2, 0) is 19.1 Å². The number of hydrogen-bond acceptors (Lipinski definition) is 4. The summed E-state index contributed by atoms with van der Waals surface area (Å²) in [5.41, 5.74) is 1.57. The Labute approximate surface area is 168 Å². The number of carbonyl (C=O) groups excluding carboxylic acids is 3. The van der Waals surface area contributed by atoms with Gasteiger partial charge in [0.25, 0.3) is 5.91 Å². The van der Waals surface area contributed by atoms with Crippen molar-refractivity contribution in [1.82, 2.24) is 4.90 Å². The number of esters is 1. The SMILES string of the molecule is C[C@@H](c1ccccc1)N1C[C@H](C(=O)OCC(=O)Nc2ccc(Cl)cc2)CC1=O. The van der Waals surface area contributed by atoms with Crippen LogP contribution < -0.4 is 5.32 Å². The highest BCUT2D eigenvalue weighted by Crippen LogP contribution is 2.29. The molecule has 0 aromatic heterocycles. The number of amides is 2. The van der Waals surface area contributed by atoms with Gasteiger partial charge < -0.3 is 15.0 Å². The van der Waals surface area contributed by atoms with Crippen LogP contribution >= 0.6 is 11.6 Å². The molecule has 1 aliphatic rings. The quantitative estimate of drug-likeness (QED) is 0.754. The highest BCUT2D eigenvalue weighted by Gasteiger charge is 2.38. The molecule has 0 unspecified atom stereocenters. The summed E-state index contributed by atoms with van der Waals surface area (Å²) in [6.45, 7) is 1.81. The van der Waals surface area contributed by atoms with Crippen molar-refractivity contribution in [3.63, 3.8) is 0 Å². The molecule has 1 heterocycles. The molecule has 1 saturated heterocycles. The minimum absolute atomic E-state index is 0.0921. The molecule has 7 heteroatoms. The normalized spacial score (nSPS) is 17.3. The van der Waals surface area contributed by atoms with Gasteiger partial charge in [0.1, 0.15) is 0 Å². The monoisotopic (exact) mass is 400 g/mol. The van der Waals surface area contributed by atoms with E-state index in [0.29, 0.717) is 10.7 Å². The van der Waals surface area contributed by atoms with Crippen molar-refractivity contribution < 1.29 is 19.1 Å². The molecule has 0 saturated carbocycles. The Bertz CT molecular complexity index is 854. The molecule has 146 valence electrons. The van der Waals surface area contributed by atoms with Crippen molar-refractivity contribution in [1.29, 1.82) is 0 Å². The molecular formula is C21H21ClN2O4. The zero-order chi connectivity index (χ0) is 20.1. The first-order valence-electron chi connectivity index (χ1n) is 9.00. The first-order valence-corrected chi connectivity index (χ1v) is 9.38. The van der Waals surface area contributed by atoms with E-state index in [1.54, 1.807) is 29.2 Å². The molecule has 1 N–H and O–H groups in total. The predicted octanol–water partition coefficient (Wildman–Crippen LogP) is 3.43. The molecule has 0 spiro atoms. The first kappa shape index (κ1) is 19.9. The lowest BCUT2D eigenvalue weighted by Gasteiger charge is -2.25. The Morgan fingerprint density at radius 3 is 2.54 bits per heavy atom. The third-order valence-corrected chi connectivity index (χ3v) is 4.97. The fourth-order valence-electron chi connectivity index (χ4n) is 3.16. The van der Waals surface area contributed by atoms with Gasteiger partial charge in [-0.3, -0.25) is 14.4 Å². The van der Waals surface area contributed by atoms with Gasteiger partial charge in [-0.2, -0.15) is 0 Å². The van der Waals surface area contributed by atoms with Crippen LogP contribution in [0.2, 0.25) is 5.02 Å². The van der Waals surface area contributed by atoms with Gasteiger partial charge in [0.2, 0.25) is 5.91 Å². The molecule has 2 aromatic rings. The van der Waals surface area contributed by atoms with E-state index in [1.165, 1.54) is 0 Å². The van der Waals surface area contributed by atoms with Gasteiger partial charge in [-0.1, -0.05) is 41.9 Å². The number of nitrogens with one attached hydrogen (secondary N) is 1. The van der Waals surface area contributed by atoms with Gasteiger partial charge in [-0.05, 0) is 36.8 Å². The standard InChI is InChI=1S/C21H21ClN2O4/c1-14(15-5-3-2-4-6-15)24-12-16(11-20(24)26)21(27)28-13-19(25)23-18-9-7-17(22)8-10-18/h2-10,14,16H,11-13H2,1H3,(H,23,25)/t14-,16+/m0/s1. The Morgan fingerprint density at radius 2 is 1.86 bits per heavy atom. The molecular weight excluding hydrogens is 380 g/mol. The van der Waals surface area contributed by atoms with E-state index >= 15 is 0 Å². The van der Waals surface area contributed by atoms with E-state index in [4.69, 9.17) is 16.3 Å². The maximum absolute atomic E-state index is 12.3. The topological polar surface area (TPSA) is 75.7 Å². The van der Waals surface area contributed by atoms with Crippen LogP contribution in [0.4, 0.5) is 5.69 Å². The van der Waals surface area contributed by atoms with E-state index in [1.807, 2.05) is 37.3 Å². The maximum Gasteiger partial charge on any atom is 0.311 e. The lowest BCUT2D eigenvalue weighted by molar-refractivity contribution is -0.151. The Morgan fingerprint density at radius 1 is 1.18 bits per heavy atom. The second-order valence-electron chi connectivity index (χ2n) is 6.70. The van der Waals surface area contributed by atoms with Crippen LogP contribution in [0.25, 0.3) is 0 Å². The Balaban J connectivity index is 1.50. The van der Waals surface area contributed by atoms with Crippen LogP contribution in [0, 0.1) is 5.92 Å². The summed E-state index contributed by atoms with van der Waals surface area (Å²) >= 11 is 5.79. The highest BCUT2D eigenvalue weighted by molar-refractivity contribution is 6.30. The summed E-state index contributed by atoms with van der Waals surface area (Å²) in [6.07, 6.45) is 0.0921. The van der Waals surface area contributed by atoms with E-state index < -0.39 is 24.4 Å². The molecule has 6 nitrogen and oxygen atoms in total. The van der Waals surface area contributed by atoms with Crippen LogP contribution in [-0.4, -0.2) is 35.8 Å². The molecule has 1 aliphatic heterocycles. The number of hydrogen-bond donors (Lipinski definition) is 1. The summed E-state index contributed by atoms with van der Waals surface area (Å²) < 4.78 is 5.11. The van der Waals surface area contributed by atoms with Crippen LogP contribution in [0.5, 0.6) is 0 Å². The van der Waals surface area contributed by atoms with E-state index in [2.05, 4.69) is 5.32 Å². The Hall–Kier alpha value is -2.86. The predicted molar refractivity (Wildman–Crippen MR) is 106 cm³/mol. The molecule has 0 bridgehead atoms. The number of ether oxygens (including phenoxy) is 1. The van der Waals surface area contributed by atoms with Gasteiger partial charge >= 0.3 is 5.97 Å². The third-order valence-electron chi connectivity index (χ3n) is 4.71. The molecule has 3 rings (SSSR count). The highest BCUT2D eigenvalue weighted by atomic mass is 35.5. The van der Waals surface area contributed by atoms with E-state index in [0.717, 1.165) is 5.56 Å². The first-order chi connectivity index (χ1) is 13.4.